The summed E-state index contributed by atoms with van der Waals surface area (Å²) in [6.45, 7) is 2.21. The highest BCUT2D eigenvalue weighted by Gasteiger charge is 2.75. The maximum absolute atomic E-state index is 13.7. The van der Waals surface area contributed by atoms with Gasteiger partial charge in [-0.2, -0.15) is 0 Å². The molecule has 4 aliphatic rings. The van der Waals surface area contributed by atoms with E-state index in [2.05, 4.69) is 11.9 Å². The second kappa shape index (κ2) is 3.44. The van der Waals surface area contributed by atoms with Crippen LogP contribution in [-0.2, 0) is 5.41 Å². The monoisotopic (exact) mass is 295 g/mol. The first-order chi connectivity index (χ1) is 10.6. The summed E-state index contributed by atoms with van der Waals surface area (Å²) in [5.41, 5.74) is 4.91. The molecule has 2 heteroatoms. The summed E-state index contributed by atoms with van der Waals surface area (Å²) in [6.07, 6.45) is 8.68. The fourth-order valence-corrected chi connectivity index (χ4v) is 7.61. The van der Waals surface area contributed by atoms with Gasteiger partial charge in [-0.1, -0.05) is 0 Å². The van der Waals surface area contributed by atoms with Gasteiger partial charge in [0.1, 0.15) is 5.82 Å². The molecule has 114 valence electrons. The number of aromatic nitrogens is 1. The number of nitrogens with one attached hydrogen (secondary N) is 1. The van der Waals surface area contributed by atoms with Gasteiger partial charge in [0.2, 0.25) is 0 Å². The highest BCUT2D eigenvalue weighted by atomic mass is 19.1. The number of benzene rings is 1. The Kier molecular flexibility index (Phi) is 1.90. The van der Waals surface area contributed by atoms with Gasteiger partial charge in [0.05, 0.1) is 0 Å². The summed E-state index contributed by atoms with van der Waals surface area (Å²) < 4.78 is 13.7. The highest BCUT2D eigenvalue weighted by Crippen LogP contribution is 2.81. The summed E-state index contributed by atoms with van der Waals surface area (Å²) in [5, 5.41) is 1.10. The molecule has 0 saturated heterocycles. The Morgan fingerprint density at radius 1 is 1.09 bits per heavy atom. The van der Waals surface area contributed by atoms with Crippen LogP contribution in [0.5, 0.6) is 0 Å². The van der Waals surface area contributed by atoms with Crippen molar-refractivity contribution in [1.82, 2.24) is 4.98 Å². The van der Waals surface area contributed by atoms with E-state index >= 15 is 0 Å². The summed E-state index contributed by atoms with van der Waals surface area (Å²) in [5.74, 6) is 2.82. The van der Waals surface area contributed by atoms with E-state index in [1.807, 2.05) is 6.07 Å². The molecule has 1 nitrogen and oxygen atoms in total. The largest absolute Gasteiger partial charge is 0.358 e. The maximum atomic E-state index is 13.7. The quantitative estimate of drug-likeness (QED) is 0.755. The number of halogens is 1. The van der Waals surface area contributed by atoms with Crippen molar-refractivity contribution in [3.05, 3.63) is 35.3 Å². The van der Waals surface area contributed by atoms with Crippen LogP contribution in [0.1, 0.15) is 49.8 Å². The standard InChI is InChI=1S/C20H22FN/c1-11-16-6-15(21)2-3-17(16)22-18(11)20-9-13-4-12-5-14(10-20)19(20,7-12)8-13/h2-3,6,12-14,22H,4-5,7-10H2,1H3. The summed E-state index contributed by atoms with van der Waals surface area (Å²) in [7, 11) is 0. The molecular weight excluding hydrogens is 273 g/mol. The van der Waals surface area contributed by atoms with Crippen molar-refractivity contribution < 1.29 is 4.39 Å². The molecule has 1 heterocycles. The zero-order valence-electron chi connectivity index (χ0n) is 13.1. The van der Waals surface area contributed by atoms with Gasteiger partial charge in [-0.15, -0.1) is 0 Å². The molecule has 1 N–H and O–H groups in total. The summed E-state index contributed by atoms with van der Waals surface area (Å²) in [6, 6.07) is 5.22. The zero-order chi connectivity index (χ0) is 14.7. The molecule has 2 aromatic rings. The Morgan fingerprint density at radius 2 is 1.95 bits per heavy atom. The van der Waals surface area contributed by atoms with Gasteiger partial charge in [0, 0.05) is 22.0 Å². The number of fused-ring (bicyclic) bond motifs is 3. The van der Waals surface area contributed by atoms with Gasteiger partial charge in [-0.25, -0.2) is 4.39 Å². The van der Waals surface area contributed by atoms with E-state index in [-0.39, 0.29) is 5.82 Å². The first-order valence-corrected chi connectivity index (χ1v) is 8.90. The van der Waals surface area contributed by atoms with Gasteiger partial charge < -0.3 is 4.98 Å². The van der Waals surface area contributed by atoms with Crippen LogP contribution in [0.25, 0.3) is 10.9 Å². The Bertz CT molecular complexity index is 814. The SMILES string of the molecule is Cc1c(C23CC4CC5CC(C2)C3(C5)C4)[nH]c2ccc(F)cc12. The van der Waals surface area contributed by atoms with Crippen LogP contribution in [-0.4, -0.2) is 4.98 Å². The Balaban J connectivity index is 1.60. The van der Waals surface area contributed by atoms with Crippen LogP contribution in [0.15, 0.2) is 18.2 Å². The number of aryl methyl sites for hydroxylation is 1. The second-order valence-electron chi connectivity index (χ2n) is 8.77. The van der Waals surface area contributed by atoms with E-state index in [4.69, 9.17) is 0 Å². The third-order valence-electron chi connectivity index (χ3n) is 8.06. The van der Waals surface area contributed by atoms with E-state index in [0.717, 1.165) is 28.7 Å². The fourth-order valence-electron chi connectivity index (χ4n) is 7.61. The lowest BCUT2D eigenvalue weighted by molar-refractivity contribution is -0.0382. The number of hydrogen-bond acceptors (Lipinski definition) is 0. The van der Waals surface area contributed by atoms with Crippen LogP contribution in [0, 0.1) is 35.9 Å². The van der Waals surface area contributed by atoms with Gasteiger partial charge in [-0.05, 0) is 92.4 Å². The fraction of sp³-hybridized carbons (Fsp3) is 0.600. The predicted octanol–water partition coefficient (Wildman–Crippen LogP) is 5.08. The van der Waals surface area contributed by atoms with Crippen LogP contribution in [0.4, 0.5) is 4.39 Å². The van der Waals surface area contributed by atoms with E-state index in [9.17, 15) is 4.39 Å². The predicted molar refractivity (Wildman–Crippen MR) is 85.3 cm³/mol. The molecule has 1 aromatic carbocycles. The van der Waals surface area contributed by atoms with Gasteiger partial charge >= 0.3 is 0 Å². The minimum Gasteiger partial charge on any atom is -0.358 e. The van der Waals surface area contributed by atoms with Gasteiger partial charge in [0.15, 0.2) is 0 Å². The van der Waals surface area contributed by atoms with Crippen molar-refractivity contribution >= 4 is 10.9 Å². The lowest BCUT2D eigenvalue weighted by Gasteiger charge is -2.59. The molecule has 1 spiro atoms. The van der Waals surface area contributed by atoms with Crippen molar-refractivity contribution in [2.24, 2.45) is 23.2 Å². The van der Waals surface area contributed by atoms with E-state index in [1.165, 1.54) is 49.8 Å². The molecule has 0 radical (unpaired) electrons. The minimum absolute atomic E-state index is 0.116. The van der Waals surface area contributed by atoms with Crippen molar-refractivity contribution in [1.29, 1.82) is 0 Å². The minimum atomic E-state index is -0.116. The normalized spacial score (nSPS) is 44.5. The molecule has 4 fully saturated rings. The third kappa shape index (κ3) is 1.11. The Morgan fingerprint density at radius 3 is 2.86 bits per heavy atom. The first-order valence-electron chi connectivity index (χ1n) is 8.90. The van der Waals surface area contributed by atoms with Crippen LogP contribution < -0.4 is 0 Å². The van der Waals surface area contributed by atoms with E-state index < -0.39 is 0 Å². The topological polar surface area (TPSA) is 15.8 Å². The number of rotatable bonds is 1. The van der Waals surface area contributed by atoms with Gasteiger partial charge in [0.25, 0.3) is 0 Å². The molecular formula is C20H22FN. The van der Waals surface area contributed by atoms with Crippen LogP contribution in [0.3, 0.4) is 0 Å². The second-order valence-corrected chi connectivity index (χ2v) is 8.77. The smallest absolute Gasteiger partial charge is 0.123 e. The number of hydrogen-bond donors (Lipinski definition) is 1. The number of aromatic amines is 1. The molecule has 5 unspecified atom stereocenters. The molecule has 22 heavy (non-hydrogen) atoms. The average molecular weight is 295 g/mol. The lowest BCUT2D eigenvalue weighted by Crippen LogP contribution is -2.55. The van der Waals surface area contributed by atoms with Crippen molar-refractivity contribution in [2.45, 2.75) is 50.9 Å². The molecule has 4 aliphatic carbocycles. The molecule has 6 rings (SSSR count). The number of H-pyrrole nitrogens is 1. The first kappa shape index (κ1) is 12.2. The lowest BCUT2D eigenvalue weighted by atomic mass is 9.45. The van der Waals surface area contributed by atoms with Crippen molar-refractivity contribution in [2.75, 3.05) is 0 Å². The third-order valence-corrected chi connectivity index (χ3v) is 8.06. The van der Waals surface area contributed by atoms with Crippen LogP contribution in [0.2, 0.25) is 0 Å². The molecule has 0 aliphatic heterocycles. The van der Waals surface area contributed by atoms with E-state index in [1.54, 1.807) is 12.1 Å². The van der Waals surface area contributed by atoms with Crippen LogP contribution >= 0.6 is 0 Å². The van der Waals surface area contributed by atoms with Crippen molar-refractivity contribution in [3.8, 4) is 0 Å². The van der Waals surface area contributed by atoms with Gasteiger partial charge in [-0.3, -0.25) is 0 Å². The maximum Gasteiger partial charge on any atom is 0.123 e. The summed E-state index contributed by atoms with van der Waals surface area (Å²) in [4.78, 5) is 3.74. The molecule has 3 bridgehead atoms. The molecule has 1 aromatic heterocycles. The Labute approximate surface area is 130 Å². The highest BCUT2D eigenvalue weighted by molar-refractivity contribution is 5.85. The zero-order valence-corrected chi connectivity index (χ0v) is 13.1. The van der Waals surface area contributed by atoms with Crippen molar-refractivity contribution in [3.63, 3.8) is 0 Å². The Hall–Kier alpha value is -1.31. The average Bonchev–Trinajstić information content (AvgIpc) is 2.97. The molecule has 0 amide bonds. The summed E-state index contributed by atoms with van der Waals surface area (Å²) >= 11 is 0. The van der Waals surface area contributed by atoms with E-state index in [0.29, 0.717) is 10.8 Å². The molecule has 4 saturated carbocycles. The molecule has 5 atom stereocenters.